The normalized spacial score (nSPS) is 11.0. The number of alkyl halides is 1. The molecule has 0 fully saturated rings. The van der Waals surface area contributed by atoms with Crippen molar-refractivity contribution in [3.05, 3.63) is 29.3 Å². The standard InChI is InChI=1S/C18H26BrNO2/c1-12(2)7-14-5-6-15(8-13(3)4)17(9-14)20-18(22)10-16(21)11-19/h5-6,9,12-13H,7-8,10-11H2,1-4H3,(H,20,22). The minimum atomic E-state index is -0.240. The van der Waals surface area contributed by atoms with Gasteiger partial charge in [0.25, 0.3) is 0 Å². The van der Waals surface area contributed by atoms with Gasteiger partial charge in [0.15, 0.2) is 5.78 Å². The Bertz CT molecular complexity index is 524. The topological polar surface area (TPSA) is 46.2 Å². The second-order valence-corrected chi connectivity index (χ2v) is 7.15. The van der Waals surface area contributed by atoms with Crippen LogP contribution in [0.5, 0.6) is 0 Å². The van der Waals surface area contributed by atoms with Gasteiger partial charge in [-0.15, -0.1) is 0 Å². The lowest BCUT2D eigenvalue weighted by Gasteiger charge is -2.15. The minimum Gasteiger partial charge on any atom is -0.325 e. The number of carbonyl (C=O) groups excluding carboxylic acids is 2. The molecule has 1 amide bonds. The van der Waals surface area contributed by atoms with Crippen LogP contribution in [0.15, 0.2) is 18.2 Å². The third-order valence-electron chi connectivity index (χ3n) is 3.23. The molecule has 122 valence electrons. The van der Waals surface area contributed by atoms with Crippen LogP contribution in [-0.2, 0) is 22.4 Å². The Hall–Kier alpha value is -1.16. The zero-order valence-corrected chi connectivity index (χ0v) is 15.5. The summed E-state index contributed by atoms with van der Waals surface area (Å²) in [5.41, 5.74) is 3.19. The number of nitrogens with one attached hydrogen (secondary N) is 1. The largest absolute Gasteiger partial charge is 0.325 e. The van der Waals surface area contributed by atoms with Crippen molar-refractivity contribution in [2.75, 3.05) is 10.6 Å². The van der Waals surface area contributed by atoms with Crippen LogP contribution in [0.4, 0.5) is 5.69 Å². The number of anilines is 1. The summed E-state index contributed by atoms with van der Waals surface area (Å²) in [7, 11) is 0. The first-order valence-corrected chi connectivity index (χ1v) is 8.93. The molecule has 3 nitrogen and oxygen atoms in total. The molecule has 4 heteroatoms. The van der Waals surface area contributed by atoms with Crippen molar-refractivity contribution in [1.29, 1.82) is 0 Å². The van der Waals surface area contributed by atoms with Gasteiger partial charge in [-0.2, -0.15) is 0 Å². The Morgan fingerprint density at radius 2 is 1.73 bits per heavy atom. The zero-order chi connectivity index (χ0) is 16.7. The van der Waals surface area contributed by atoms with E-state index >= 15 is 0 Å². The maximum absolute atomic E-state index is 12.0. The van der Waals surface area contributed by atoms with Crippen molar-refractivity contribution in [2.45, 2.75) is 47.0 Å². The molecule has 0 spiro atoms. The van der Waals surface area contributed by atoms with Gasteiger partial charge in [0.1, 0.15) is 0 Å². The van der Waals surface area contributed by atoms with Crippen LogP contribution in [0.3, 0.4) is 0 Å². The number of carbonyl (C=O) groups is 2. The number of halogens is 1. The highest BCUT2D eigenvalue weighted by atomic mass is 79.9. The molecule has 1 N–H and O–H groups in total. The Morgan fingerprint density at radius 3 is 2.27 bits per heavy atom. The smallest absolute Gasteiger partial charge is 0.231 e. The summed E-state index contributed by atoms with van der Waals surface area (Å²) in [5, 5.41) is 3.13. The number of ketones is 1. The SMILES string of the molecule is CC(C)Cc1ccc(CC(C)C)c(NC(=O)CC(=O)CBr)c1. The lowest BCUT2D eigenvalue weighted by Crippen LogP contribution is -2.18. The summed E-state index contributed by atoms with van der Waals surface area (Å²) < 4.78 is 0. The first-order chi connectivity index (χ1) is 10.3. The van der Waals surface area contributed by atoms with E-state index in [1.54, 1.807) is 0 Å². The Morgan fingerprint density at radius 1 is 1.09 bits per heavy atom. The lowest BCUT2D eigenvalue weighted by molar-refractivity contribution is -0.123. The van der Waals surface area contributed by atoms with Crippen molar-refractivity contribution >= 4 is 33.3 Å². The maximum Gasteiger partial charge on any atom is 0.231 e. The number of benzene rings is 1. The first kappa shape index (κ1) is 18.9. The van der Waals surface area contributed by atoms with E-state index in [4.69, 9.17) is 0 Å². The molecule has 0 heterocycles. The Balaban J connectivity index is 2.95. The fraction of sp³-hybridized carbons (Fsp3) is 0.556. The van der Waals surface area contributed by atoms with Crippen molar-refractivity contribution in [3.8, 4) is 0 Å². The molecule has 0 unspecified atom stereocenters. The van der Waals surface area contributed by atoms with Crippen LogP contribution in [-0.4, -0.2) is 17.0 Å². The van der Waals surface area contributed by atoms with E-state index in [2.05, 4.69) is 61.1 Å². The molecule has 0 aliphatic heterocycles. The number of hydrogen-bond donors (Lipinski definition) is 1. The highest BCUT2D eigenvalue weighted by molar-refractivity contribution is 9.09. The number of amides is 1. The van der Waals surface area contributed by atoms with Gasteiger partial charge in [0, 0.05) is 5.69 Å². The number of Topliss-reactive ketones (excluding diaryl/α,β-unsaturated/α-hetero) is 1. The Labute approximate surface area is 142 Å². The number of rotatable bonds is 8. The van der Waals surface area contributed by atoms with Crippen LogP contribution < -0.4 is 5.32 Å². The quantitative estimate of drug-likeness (QED) is 0.547. The second kappa shape index (κ2) is 9.09. The van der Waals surface area contributed by atoms with Crippen molar-refractivity contribution in [1.82, 2.24) is 0 Å². The van der Waals surface area contributed by atoms with Gasteiger partial charge in [-0.05, 0) is 41.9 Å². The van der Waals surface area contributed by atoms with E-state index < -0.39 is 0 Å². The average Bonchev–Trinajstić information content (AvgIpc) is 2.40. The maximum atomic E-state index is 12.0. The second-order valence-electron chi connectivity index (χ2n) is 6.58. The molecule has 0 aliphatic rings. The third kappa shape index (κ3) is 6.73. The predicted octanol–water partition coefficient (Wildman–Crippen LogP) is 4.38. The summed E-state index contributed by atoms with van der Waals surface area (Å²) in [6.45, 7) is 8.66. The van der Waals surface area contributed by atoms with E-state index in [9.17, 15) is 9.59 Å². The summed E-state index contributed by atoms with van der Waals surface area (Å²) in [6.07, 6.45) is 1.80. The van der Waals surface area contributed by atoms with E-state index in [1.807, 2.05) is 6.07 Å². The minimum absolute atomic E-state index is 0.0826. The monoisotopic (exact) mass is 367 g/mol. The fourth-order valence-corrected chi connectivity index (χ4v) is 2.58. The molecule has 1 aromatic carbocycles. The van der Waals surface area contributed by atoms with Gasteiger partial charge >= 0.3 is 0 Å². The van der Waals surface area contributed by atoms with Gasteiger partial charge < -0.3 is 5.32 Å². The molecule has 0 aromatic heterocycles. The molecule has 0 aliphatic carbocycles. The molecular formula is C18H26BrNO2. The molecule has 0 atom stereocenters. The van der Waals surface area contributed by atoms with Gasteiger partial charge in [-0.1, -0.05) is 55.8 Å². The molecule has 0 saturated carbocycles. The summed E-state index contributed by atoms with van der Waals surface area (Å²) in [4.78, 5) is 23.4. The van der Waals surface area contributed by atoms with E-state index in [-0.39, 0.29) is 23.4 Å². The number of hydrogen-bond acceptors (Lipinski definition) is 2. The highest BCUT2D eigenvalue weighted by Gasteiger charge is 2.12. The van der Waals surface area contributed by atoms with Crippen molar-refractivity contribution in [2.24, 2.45) is 11.8 Å². The van der Waals surface area contributed by atoms with Crippen molar-refractivity contribution < 1.29 is 9.59 Å². The van der Waals surface area contributed by atoms with Crippen molar-refractivity contribution in [3.63, 3.8) is 0 Å². The highest BCUT2D eigenvalue weighted by Crippen LogP contribution is 2.23. The van der Waals surface area contributed by atoms with Gasteiger partial charge in [0.05, 0.1) is 11.8 Å². The average molecular weight is 368 g/mol. The molecule has 0 saturated heterocycles. The third-order valence-corrected chi connectivity index (χ3v) is 3.85. The zero-order valence-electron chi connectivity index (χ0n) is 13.9. The molecule has 0 bridgehead atoms. The molecular weight excluding hydrogens is 342 g/mol. The van der Waals surface area contributed by atoms with Gasteiger partial charge in [-0.3, -0.25) is 9.59 Å². The lowest BCUT2D eigenvalue weighted by atomic mass is 9.96. The van der Waals surface area contributed by atoms with E-state index in [1.165, 1.54) is 5.56 Å². The predicted molar refractivity (Wildman–Crippen MR) is 95.6 cm³/mol. The van der Waals surface area contributed by atoms with Crippen LogP contribution in [0.2, 0.25) is 0 Å². The van der Waals surface area contributed by atoms with Gasteiger partial charge in [0.2, 0.25) is 5.91 Å². The Kier molecular flexibility index (Phi) is 7.80. The molecule has 1 rings (SSSR count). The van der Waals surface area contributed by atoms with Crippen LogP contribution >= 0.6 is 15.9 Å². The van der Waals surface area contributed by atoms with Crippen LogP contribution in [0.1, 0.15) is 45.2 Å². The summed E-state index contributed by atoms with van der Waals surface area (Å²) in [6, 6.07) is 6.28. The van der Waals surface area contributed by atoms with Crippen LogP contribution in [0, 0.1) is 11.8 Å². The fourth-order valence-electron chi connectivity index (χ4n) is 2.38. The summed E-state index contributed by atoms with van der Waals surface area (Å²) in [5.74, 6) is 0.725. The van der Waals surface area contributed by atoms with E-state index in [0.717, 1.165) is 24.1 Å². The van der Waals surface area contributed by atoms with Gasteiger partial charge in [-0.25, -0.2) is 0 Å². The van der Waals surface area contributed by atoms with E-state index in [0.29, 0.717) is 11.8 Å². The van der Waals surface area contributed by atoms with Crippen LogP contribution in [0.25, 0.3) is 0 Å². The summed E-state index contributed by atoms with van der Waals surface area (Å²) >= 11 is 3.09. The molecule has 0 radical (unpaired) electrons. The first-order valence-electron chi connectivity index (χ1n) is 7.81. The molecule has 1 aromatic rings. The molecule has 22 heavy (non-hydrogen) atoms.